The van der Waals surface area contributed by atoms with Crippen molar-refractivity contribution in [2.45, 2.75) is 0 Å². The van der Waals surface area contributed by atoms with Crippen LogP contribution < -0.4 is 5.32 Å². The molecule has 0 atom stereocenters. The fraction of sp³-hybridized carbons (Fsp3) is 0.0909. The standard InChI is InChI=1S/C11H11N3O/c1-2-5-13-11(15)10-7-9-8(14-10)4-3-6-12-9/h2-4,6-7,14H,1,5H2,(H,13,15). The molecule has 76 valence electrons. The second-order valence-corrected chi connectivity index (χ2v) is 3.12. The molecule has 0 saturated heterocycles. The molecule has 1 amide bonds. The molecule has 2 aromatic heterocycles. The Bertz CT molecular complexity index is 468. The van der Waals surface area contributed by atoms with Crippen LogP contribution in [0.15, 0.2) is 37.1 Å². The van der Waals surface area contributed by atoms with Crippen LogP contribution in [0.1, 0.15) is 10.5 Å². The van der Waals surface area contributed by atoms with Gasteiger partial charge >= 0.3 is 0 Å². The molecule has 15 heavy (non-hydrogen) atoms. The number of fused-ring (bicyclic) bond motifs is 1. The Kier molecular flexibility index (Phi) is 2.49. The monoisotopic (exact) mass is 201 g/mol. The highest BCUT2D eigenvalue weighted by Gasteiger charge is 2.07. The molecule has 2 heterocycles. The number of aromatic amines is 1. The molecule has 0 unspecified atom stereocenters. The first-order chi connectivity index (χ1) is 7.31. The van der Waals surface area contributed by atoms with E-state index < -0.39 is 0 Å². The van der Waals surface area contributed by atoms with Gasteiger partial charge in [0.05, 0.1) is 11.0 Å². The van der Waals surface area contributed by atoms with Gasteiger partial charge in [-0.3, -0.25) is 9.78 Å². The van der Waals surface area contributed by atoms with Crippen molar-refractivity contribution in [3.63, 3.8) is 0 Å². The predicted octanol–water partition coefficient (Wildman–Crippen LogP) is 1.48. The molecule has 2 N–H and O–H groups in total. The summed E-state index contributed by atoms with van der Waals surface area (Å²) in [5, 5.41) is 2.69. The molecular formula is C11H11N3O. The summed E-state index contributed by atoms with van der Waals surface area (Å²) in [6.45, 7) is 3.99. The van der Waals surface area contributed by atoms with Crippen LogP contribution in [-0.4, -0.2) is 22.4 Å². The van der Waals surface area contributed by atoms with Crippen LogP contribution in [0.3, 0.4) is 0 Å². The van der Waals surface area contributed by atoms with Gasteiger partial charge in [-0.25, -0.2) is 0 Å². The number of hydrogen-bond donors (Lipinski definition) is 2. The normalized spacial score (nSPS) is 10.1. The Morgan fingerprint density at radius 2 is 2.53 bits per heavy atom. The molecule has 4 nitrogen and oxygen atoms in total. The minimum absolute atomic E-state index is 0.145. The highest BCUT2D eigenvalue weighted by Crippen LogP contribution is 2.11. The van der Waals surface area contributed by atoms with Gasteiger partial charge < -0.3 is 10.3 Å². The maximum atomic E-state index is 11.6. The Morgan fingerprint density at radius 3 is 3.27 bits per heavy atom. The van der Waals surface area contributed by atoms with Gasteiger partial charge in [-0.2, -0.15) is 0 Å². The Labute approximate surface area is 87.0 Å². The number of carbonyl (C=O) groups excluding carboxylic acids is 1. The van der Waals surface area contributed by atoms with E-state index in [2.05, 4.69) is 21.9 Å². The zero-order valence-corrected chi connectivity index (χ0v) is 8.16. The summed E-state index contributed by atoms with van der Waals surface area (Å²) >= 11 is 0. The van der Waals surface area contributed by atoms with Crippen LogP contribution >= 0.6 is 0 Å². The maximum absolute atomic E-state index is 11.6. The molecule has 2 aromatic rings. The lowest BCUT2D eigenvalue weighted by molar-refractivity contribution is 0.0954. The smallest absolute Gasteiger partial charge is 0.268 e. The van der Waals surface area contributed by atoms with Gasteiger partial charge in [0.15, 0.2) is 0 Å². The largest absolute Gasteiger partial charge is 0.349 e. The van der Waals surface area contributed by atoms with E-state index in [4.69, 9.17) is 0 Å². The number of pyridine rings is 1. The Balaban J connectivity index is 2.28. The van der Waals surface area contributed by atoms with Crippen molar-refractivity contribution in [1.82, 2.24) is 15.3 Å². The lowest BCUT2D eigenvalue weighted by Crippen LogP contribution is -2.23. The summed E-state index contributed by atoms with van der Waals surface area (Å²) in [4.78, 5) is 18.7. The van der Waals surface area contributed by atoms with Crippen LogP contribution in [0.4, 0.5) is 0 Å². The number of hydrogen-bond acceptors (Lipinski definition) is 2. The summed E-state index contributed by atoms with van der Waals surface area (Å²) in [6.07, 6.45) is 3.33. The molecule has 0 aliphatic rings. The zero-order valence-electron chi connectivity index (χ0n) is 8.16. The van der Waals surface area contributed by atoms with Crippen molar-refractivity contribution in [2.75, 3.05) is 6.54 Å². The maximum Gasteiger partial charge on any atom is 0.268 e. The third-order valence-corrected chi connectivity index (χ3v) is 2.04. The number of carbonyl (C=O) groups is 1. The van der Waals surface area contributed by atoms with Crippen molar-refractivity contribution >= 4 is 16.9 Å². The van der Waals surface area contributed by atoms with Crippen LogP contribution in [-0.2, 0) is 0 Å². The van der Waals surface area contributed by atoms with E-state index in [1.54, 1.807) is 18.3 Å². The molecule has 0 radical (unpaired) electrons. The van der Waals surface area contributed by atoms with E-state index in [1.165, 1.54) is 0 Å². The van der Waals surface area contributed by atoms with Crippen LogP contribution in [0.25, 0.3) is 11.0 Å². The number of nitrogens with zero attached hydrogens (tertiary/aromatic N) is 1. The first-order valence-electron chi connectivity index (χ1n) is 4.64. The van der Waals surface area contributed by atoms with Crippen molar-refractivity contribution in [3.8, 4) is 0 Å². The summed E-state index contributed by atoms with van der Waals surface area (Å²) in [6, 6.07) is 5.44. The minimum atomic E-state index is -0.145. The van der Waals surface area contributed by atoms with Gasteiger partial charge in [-0.15, -0.1) is 6.58 Å². The highest BCUT2D eigenvalue weighted by molar-refractivity contribution is 5.97. The van der Waals surface area contributed by atoms with Crippen LogP contribution in [0.5, 0.6) is 0 Å². The summed E-state index contributed by atoms with van der Waals surface area (Å²) in [5.74, 6) is -0.145. The topological polar surface area (TPSA) is 57.8 Å². The van der Waals surface area contributed by atoms with Crippen molar-refractivity contribution < 1.29 is 4.79 Å². The number of amides is 1. The van der Waals surface area contributed by atoms with E-state index in [1.807, 2.05) is 12.1 Å². The second kappa shape index (κ2) is 3.96. The van der Waals surface area contributed by atoms with E-state index >= 15 is 0 Å². The van der Waals surface area contributed by atoms with Crippen LogP contribution in [0, 0.1) is 0 Å². The third kappa shape index (κ3) is 1.88. The van der Waals surface area contributed by atoms with Gasteiger partial charge in [-0.05, 0) is 18.2 Å². The van der Waals surface area contributed by atoms with Crippen molar-refractivity contribution in [3.05, 3.63) is 42.7 Å². The molecule has 4 heteroatoms. The van der Waals surface area contributed by atoms with E-state index in [0.29, 0.717) is 12.2 Å². The summed E-state index contributed by atoms with van der Waals surface area (Å²) in [7, 11) is 0. The zero-order chi connectivity index (χ0) is 10.7. The third-order valence-electron chi connectivity index (χ3n) is 2.04. The van der Waals surface area contributed by atoms with E-state index in [9.17, 15) is 4.79 Å². The average molecular weight is 201 g/mol. The first kappa shape index (κ1) is 9.45. The van der Waals surface area contributed by atoms with Gasteiger partial charge in [0, 0.05) is 12.7 Å². The number of rotatable bonds is 3. The number of H-pyrrole nitrogens is 1. The molecular weight excluding hydrogens is 190 g/mol. The fourth-order valence-corrected chi connectivity index (χ4v) is 1.34. The SMILES string of the molecule is C=CCNC(=O)c1cc2ncccc2[nH]1. The Morgan fingerprint density at radius 1 is 1.67 bits per heavy atom. The molecule has 0 fully saturated rings. The molecule has 0 saturated carbocycles. The lowest BCUT2D eigenvalue weighted by atomic mass is 10.3. The fourth-order valence-electron chi connectivity index (χ4n) is 1.34. The van der Waals surface area contributed by atoms with Gasteiger partial charge in [0.2, 0.25) is 0 Å². The number of aromatic nitrogens is 2. The molecule has 0 spiro atoms. The van der Waals surface area contributed by atoms with Gasteiger partial charge in [-0.1, -0.05) is 6.08 Å². The summed E-state index contributed by atoms with van der Waals surface area (Å²) < 4.78 is 0. The molecule has 0 aliphatic carbocycles. The lowest BCUT2D eigenvalue weighted by Gasteiger charge is -1.97. The summed E-state index contributed by atoms with van der Waals surface area (Å²) in [5.41, 5.74) is 2.17. The predicted molar refractivity (Wildman–Crippen MR) is 58.6 cm³/mol. The molecule has 0 aliphatic heterocycles. The highest BCUT2D eigenvalue weighted by atomic mass is 16.1. The van der Waals surface area contributed by atoms with Gasteiger partial charge in [0.25, 0.3) is 5.91 Å². The number of nitrogens with one attached hydrogen (secondary N) is 2. The second-order valence-electron chi connectivity index (χ2n) is 3.12. The Hall–Kier alpha value is -2.10. The van der Waals surface area contributed by atoms with Gasteiger partial charge in [0.1, 0.15) is 5.69 Å². The van der Waals surface area contributed by atoms with E-state index in [0.717, 1.165) is 11.0 Å². The molecule has 0 bridgehead atoms. The average Bonchev–Trinajstić information content (AvgIpc) is 2.69. The van der Waals surface area contributed by atoms with Crippen molar-refractivity contribution in [1.29, 1.82) is 0 Å². The van der Waals surface area contributed by atoms with Crippen LogP contribution in [0.2, 0.25) is 0 Å². The first-order valence-corrected chi connectivity index (χ1v) is 4.64. The molecule has 0 aromatic carbocycles. The van der Waals surface area contributed by atoms with E-state index in [-0.39, 0.29) is 5.91 Å². The minimum Gasteiger partial charge on any atom is -0.349 e. The van der Waals surface area contributed by atoms with Crippen molar-refractivity contribution in [2.24, 2.45) is 0 Å². The quantitative estimate of drug-likeness (QED) is 0.739. The molecule has 2 rings (SSSR count).